The predicted octanol–water partition coefficient (Wildman–Crippen LogP) is 3.72. The van der Waals surface area contributed by atoms with Crippen molar-refractivity contribution in [1.82, 2.24) is 15.2 Å². The molecular weight excluding hydrogens is 310 g/mol. The maximum atomic E-state index is 12.3. The lowest BCUT2D eigenvalue weighted by molar-refractivity contribution is 0.0214. The maximum Gasteiger partial charge on any atom is 0.410 e. The number of amides is 1. The summed E-state index contributed by atoms with van der Waals surface area (Å²) in [5.41, 5.74) is 0.658. The summed E-state index contributed by atoms with van der Waals surface area (Å²) < 4.78 is 5.52. The summed E-state index contributed by atoms with van der Waals surface area (Å²) in [4.78, 5) is 18.7. The Morgan fingerprint density at radius 1 is 1.57 bits per heavy atom. The molecule has 1 amide bonds. The first-order chi connectivity index (χ1) is 10.7. The Kier molecular flexibility index (Phi) is 6.03. The van der Waals surface area contributed by atoms with Gasteiger partial charge >= 0.3 is 6.09 Å². The second kappa shape index (κ2) is 7.62. The first-order valence-electron chi connectivity index (χ1n) is 8.38. The molecule has 5 nitrogen and oxygen atoms in total. The normalized spacial score (nSPS) is 19.9. The van der Waals surface area contributed by atoms with Gasteiger partial charge in [-0.3, -0.25) is 0 Å². The minimum atomic E-state index is -0.434. The molecule has 2 unspecified atom stereocenters. The number of hydrogen-bond acceptors (Lipinski definition) is 5. The van der Waals surface area contributed by atoms with Gasteiger partial charge in [-0.15, -0.1) is 11.3 Å². The Bertz CT molecular complexity index is 524. The zero-order valence-corrected chi connectivity index (χ0v) is 15.7. The second-order valence-electron chi connectivity index (χ2n) is 7.35. The number of ether oxygens (including phenoxy) is 1. The Hall–Kier alpha value is -1.14. The summed E-state index contributed by atoms with van der Waals surface area (Å²) in [5.74, 6) is 0. The predicted molar refractivity (Wildman–Crippen MR) is 93.7 cm³/mol. The van der Waals surface area contributed by atoms with Crippen LogP contribution in [0.15, 0.2) is 5.38 Å². The summed E-state index contributed by atoms with van der Waals surface area (Å²) in [6.45, 7) is 11.5. The average molecular weight is 340 g/mol. The van der Waals surface area contributed by atoms with Crippen LogP contribution in [0.2, 0.25) is 0 Å². The zero-order chi connectivity index (χ0) is 17.0. The molecule has 1 aromatic heterocycles. The molecule has 1 aromatic rings. The number of thiazole rings is 1. The van der Waals surface area contributed by atoms with E-state index in [4.69, 9.17) is 4.74 Å². The Morgan fingerprint density at radius 3 is 2.91 bits per heavy atom. The van der Waals surface area contributed by atoms with Crippen LogP contribution in [0.1, 0.15) is 57.7 Å². The van der Waals surface area contributed by atoms with Gasteiger partial charge in [0.25, 0.3) is 0 Å². The van der Waals surface area contributed by atoms with Crippen LogP contribution < -0.4 is 5.32 Å². The lowest BCUT2D eigenvalue weighted by Gasteiger charge is -2.30. The van der Waals surface area contributed by atoms with Gasteiger partial charge in [-0.25, -0.2) is 9.78 Å². The number of aromatic nitrogens is 1. The summed E-state index contributed by atoms with van der Waals surface area (Å²) in [6, 6.07) is 0.606. The minimum absolute atomic E-state index is 0.178. The molecule has 1 N–H and O–H groups in total. The number of nitrogens with zero attached hydrogens (tertiary/aromatic N) is 2. The molecule has 1 fully saturated rings. The summed E-state index contributed by atoms with van der Waals surface area (Å²) in [6.07, 6.45) is 2.88. The van der Waals surface area contributed by atoms with Crippen LogP contribution in [0.4, 0.5) is 4.79 Å². The van der Waals surface area contributed by atoms with Crippen molar-refractivity contribution in [3.05, 3.63) is 16.1 Å². The van der Waals surface area contributed by atoms with Crippen LogP contribution in [0, 0.1) is 6.92 Å². The highest BCUT2D eigenvalue weighted by Gasteiger charge is 2.32. The smallest absolute Gasteiger partial charge is 0.410 e. The van der Waals surface area contributed by atoms with E-state index in [2.05, 4.69) is 22.6 Å². The number of carbonyl (C=O) groups excluding carboxylic acids is 1. The molecule has 1 saturated heterocycles. The number of hydrogen-bond donors (Lipinski definition) is 1. The molecule has 0 aromatic carbocycles. The number of aryl methyl sites for hydroxylation is 1. The van der Waals surface area contributed by atoms with E-state index in [9.17, 15) is 4.79 Å². The lowest BCUT2D eigenvalue weighted by Crippen LogP contribution is -2.42. The fourth-order valence-corrected chi connectivity index (χ4v) is 3.51. The van der Waals surface area contributed by atoms with Gasteiger partial charge in [-0.2, -0.15) is 0 Å². The molecule has 1 aliphatic heterocycles. The van der Waals surface area contributed by atoms with Crippen molar-refractivity contribution in [2.24, 2.45) is 0 Å². The monoisotopic (exact) mass is 339 g/mol. The molecule has 23 heavy (non-hydrogen) atoms. The molecule has 0 bridgehead atoms. The number of rotatable bonds is 5. The largest absolute Gasteiger partial charge is 0.444 e. The molecule has 0 aliphatic carbocycles. The molecule has 130 valence electrons. The summed E-state index contributed by atoms with van der Waals surface area (Å²) in [5, 5.41) is 6.71. The first-order valence-corrected chi connectivity index (χ1v) is 9.26. The van der Waals surface area contributed by atoms with Crippen LogP contribution in [0.3, 0.4) is 0 Å². The van der Waals surface area contributed by atoms with Crippen molar-refractivity contribution < 1.29 is 9.53 Å². The average Bonchev–Trinajstić information content (AvgIpc) is 3.03. The fourth-order valence-electron chi connectivity index (χ4n) is 2.90. The van der Waals surface area contributed by atoms with Gasteiger partial charge < -0.3 is 15.0 Å². The summed E-state index contributed by atoms with van der Waals surface area (Å²) >= 11 is 1.68. The molecule has 0 spiro atoms. The van der Waals surface area contributed by atoms with Gasteiger partial charge in [0, 0.05) is 30.6 Å². The van der Waals surface area contributed by atoms with Crippen molar-refractivity contribution >= 4 is 17.4 Å². The third-order valence-corrected chi connectivity index (χ3v) is 4.75. The highest BCUT2D eigenvalue weighted by Crippen LogP contribution is 2.24. The molecular formula is C17H29N3O2S. The Labute approximate surface area is 143 Å². The van der Waals surface area contributed by atoms with Crippen LogP contribution in [-0.4, -0.2) is 40.2 Å². The van der Waals surface area contributed by atoms with Gasteiger partial charge in [0.05, 0.1) is 10.7 Å². The summed E-state index contributed by atoms with van der Waals surface area (Å²) in [7, 11) is 0. The van der Waals surface area contributed by atoms with Crippen molar-refractivity contribution in [1.29, 1.82) is 0 Å². The SMILES string of the molecule is Cc1nc(CNC(C)CC2CCCN2C(=O)OC(C)(C)C)cs1. The van der Waals surface area contributed by atoms with Crippen LogP contribution in [-0.2, 0) is 11.3 Å². The second-order valence-corrected chi connectivity index (χ2v) is 8.41. The molecule has 2 rings (SSSR count). The number of likely N-dealkylation sites (tertiary alicyclic amines) is 1. The fraction of sp³-hybridized carbons (Fsp3) is 0.765. The van der Waals surface area contributed by atoms with Gasteiger partial charge in [-0.1, -0.05) is 0 Å². The minimum Gasteiger partial charge on any atom is -0.444 e. The van der Waals surface area contributed by atoms with Crippen LogP contribution in [0.25, 0.3) is 0 Å². The quantitative estimate of drug-likeness (QED) is 0.888. The van der Waals surface area contributed by atoms with Crippen LogP contribution >= 0.6 is 11.3 Å². The molecule has 0 radical (unpaired) electrons. The molecule has 0 saturated carbocycles. The molecule has 2 atom stereocenters. The zero-order valence-electron chi connectivity index (χ0n) is 14.9. The van der Waals surface area contributed by atoms with E-state index in [-0.39, 0.29) is 12.1 Å². The maximum absolute atomic E-state index is 12.3. The third kappa shape index (κ3) is 5.77. The van der Waals surface area contributed by atoms with E-state index in [0.717, 1.165) is 43.1 Å². The van der Waals surface area contributed by atoms with E-state index in [0.29, 0.717) is 6.04 Å². The van der Waals surface area contributed by atoms with Gasteiger partial charge in [0.1, 0.15) is 5.60 Å². The van der Waals surface area contributed by atoms with Crippen molar-refractivity contribution in [3.63, 3.8) is 0 Å². The van der Waals surface area contributed by atoms with Crippen molar-refractivity contribution in [2.45, 2.75) is 78.1 Å². The highest BCUT2D eigenvalue weighted by atomic mass is 32.1. The van der Waals surface area contributed by atoms with E-state index < -0.39 is 5.60 Å². The number of nitrogens with one attached hydrogen (secondary N) is 1. The first kappa shape index (κ1) is 18.2. The third-order valence-electron chi connectivity index (χ3n) is 3.93. The van der Waals surface area contributed by atoms with Crippen molar-refractivity contribution in [2.75, 3.05) is 6.54 Å². The standard InChI is InChI=1S/C17H29N3O2S/c1-12(18-10-14-11-23-13(2)19-14)9-15-7-6-8-20(15)16(21)22-17(3,4)5/h11-12,15,18H,6-10H2,1-5H3. The van der Waals surface area contributed by atoms with E-state index in [1.165, 1.54) is 0 Å². The lowest BCUT2D eigenvalue weighted by atomic mass is 10.1. The Morgan fingerprint density at radius 2 is 2.30 bits per heavy atom. The molecule has 1 aliphatic rings. The topological polar surface area (TPSA) is 54.5 Å². The van der Waals surface area contributed by atoms with E-state index >= 15 is 0 Å². The van der Waals surface area contributed by atoms with Gasteiger partial charge in [0.2, 0.25) is 0 Å². The van der Waals surface area contributed by atoms with Gasteiger partial charge in [-0.05, 0) is 53.9 Å². The van der Waals surface area contributed by atoms with Gasteiger partial charge in [0.15, 0.2) is 0 Å². The highest BCUT2D eigenvalue weighted by molar-refractivity contribution is 7.09. The Balaban J connectivity index is 1.81. The molecule has 6 heteroatoms. The number of carbonyl (C=O) groups is 1. The van der Waals surface area contributed by atoms with Crippen LogP contribution in [0.5, 0.6) is 0 Å². The van der Waals surface area contributed by atoms with Crippen molar-refractivity contribution in [3.8, 4) is 0 Å². The van der Waals surface area contributed by atoms with E-state index in [1.54, 1.807) is 11.3 Å². The van der Waals surface area contributed by atoms with E-state index in [1.807, 2.05) is 32.6 Å². The molecule has 2 heterocycles.